The maximum absolute atomic E-state index is 5.78. The van der Waals surface area contributed by atoms with Crippen LogP contribution in [0.25, 0.3) is 11.4 Å². The molecule has 0 amide bonds. The van der Waals surface area contributed by atoms with Gasteiger partial charge in [0.2, 0.25) is 11.7 Å². The van der Waals surface area contributed by atoms with E-state index in [1.807, 2.05) is 53.1 Å². The summed E-state index contributed by atoms with van der Waals surface area (Å²) in [6, 6.07) is 14.3. The van der Waals surface area contributed by atoms with E-state index in [1.165, 1.54) is 5.69 Å². The molecule has 0 aliphatic heterocycles. The van der Waals surface area contributed by atoms with Crippen LogP contribution < -0.4 is 9.64 Å². The van der Waals surface area contributed by atoms with Gasteiger partial charge in [-0.25, -0.2) is 0 Å². The lowest BCUT2D eigenvalue weighted by Crippen LogP contribution is -2.08. The third kappa shape index (κ3) is 4.23. The van der Waals surface area contributed by atoms with Crippen LogP contribution in [0.3, 0.4) is 0 Å². The van der Waals surface area contributed by atoms with Gasteiger partial charge in [0, 0.05) is 25.3 Å². The zero-order valence-electron chi connectivity index (χ0n) is 16.0. The van der Waals surface area contributed by atoms with Crippen molar-refractivity contribution in [1.29, 1.82) is 0 Å². The molecule has 0 aliphatic rings. The summed E-state index contributed by atoms with van der Waals surface area (Å²) in [4.78, 5) is 6.61. The fourth-order valence-electron chi connectivity index (χ4n) is 2.71. The van der Waals surface area contributed by atoms with Crippen LogP contribution in [0, 0.1) is 6.92 Å². The topological polar surface area (TPSA) is 51.4 Å². The van der Waals surface area contributed by atoms with Gasteiger partial charge in [-0.3, -0.25) is 0 Å². The molecule has 26 heavy (non-hydrogen) atoms. The SMILES string of the molecule is Cc1cc(-c2noc(Cc3ccc(N(C)C)cc3)n2)ccc1OC(C)C. The zero-order chi connectivity index (χ0) is 18.7. The molecular formula is C21H25N3O2. The molecule has 0 bridgehead atoms. The Morgan fingerprint density at radius 3 is 2.42 bits per heavy atom. The minimum Gasteiger partial charge on any atom is -0.491 e. The molecule has 2 aromatic carbocycles. The summed E-state index contributed by atoms with van der Waals surface area (Å²) in [7, 11) is 4.05. The number of aryl methyl sites for hydroxylation is 1. The molecule has 0 saturated carbocycles. The number of hydrogen-bond donors (Lipinski definition) is 0. The van der Waals surface area contributed by atoms with Gasteiger partial charge >= 0.3 is 0 Å². The average Bonchev–Trinajstić information content (AvgIpc) is 3.05. The molecule has 1 heterocycles. The van der Waals surface area contributed by atoms with Crippen LogP contribution >= 0.6 is 0 Å². The van der Waals surface area contributed by atoms with Gasteiger partial charge in [0.05, 0.1) is 12.5 Å². The summed E-state index contributed by atoms with van der Waals surface area (Å²) in [5.74, 6) is 2.09. The van der Waals surface area contributed by atoms with E-state index in [9.17, 15) is 0 Å². The van der Waals surface area contributed by atoms with E-state index < -0.39 is 0 Å². The lowest BCUT2D eigenvalue weighted by atomic mass is 10.1. The summed E-state index contributed by atoms with van der Waals surface area (Å²) in [6.07, 6.45) is 0.768. The van der Waals surface area contributed by atoms with Crippen molar-refractivity contribution in [3.63, 3.8) is 0 Å². The standard InChI is InChI=1S/C21H25N3O2/c1-14(2)25-19-11-8-17(12-15(19)3)21-22-20(26-23-21)13-16-6-9-18(10-7-16)24(4)5/h6-12,14H,13H2,1-5H3. The van der Waals surface area contributed by atoms with Gasteiger partial charge in [0.25, 0.3) is 0 Å². The molecule has 0 atom stereocenters. The number of benzene rings is 2. The molecule has 0 unspecified atom stereocenters. The molecule has 0 saturated heterocycles. The predicted molar refractivity (Wildman–Crippen MR) is 104 cm³/mol. The number of ether oxygens (including phenoxy) is 1. The first-order valence-corrected chi connectivity index (χ1v) is 8.79. The minimum atomic E-state index is 0.148. The summed E-state index contributed by atoms with van der Waals surface area (Å²) in [5.41, 5.74) is 4.29. The predicted octanol–water partition coefficient (Wildman–Crippen LogP) is 4.49. The summed E-state index contributed by atoms with van der Waals surface area (Å²) in [5, 5.41) is 4.12. The Morgan fingerprint density at radius 1 is 1.08 bits per heavy atom. The fraction of sp³-hybridized carbons (Fsp3) is 0.333. The van der Waals surface area contributed by atoms with Gasteiger partial charge in [0.15, 0.2) is 0 Å². The van der Waals surface area contributed by atoms with Gasteiger partial charge < -0.3 is 14.2 Å². The Kier molecular flexibility index (Phi) is 5.26. The lowest BCUT2D eigenvalue weighted by molar-refractivity contribution is 0.241. The second-order valence-corrected chi connectivity index (χ2v) is 6.90. The van der Waals surface area contributed by atoms with E-state index in [0.717, 1.165) is 22.4 Å². The summed E-state index contributed by atoms with van der Waals surface area (Å²) < 4.78 is 11.2. The van der Waals surface area contributed by atoms with E-state index in [0.29, 0.717) is 18.1 Å². The van der Waals surface area contributed by atoms with Crippen molar-refractivity contribution in [1.82, 2.24) is 10.1 Å². The van der Waals surface area contributed by atoms with Crippen LogP contribution in [0.4, 0.5) is 5.69 Å². The molecular weight excluding hydrogens is 326 g/mol. The smallest absolute Gasteiger partial charge is 0.231 e. The van der Waals surface area contributed by atoms with Crippen LogP contribution in [0.2, 0.25) is 0 Å². The minimum absolute atomic E-state index is 0.148. The molecule has 0 spiro atoms. The lowest BCUT2D eigenvalue weighted by Gasteiger charge is -2.12. The summed E-state index contributed by atoms with van der Waals surface area (Å²) in [6.45, 7) is 6.06. The molecule has 5 heteroatoms. The Labute approximate surface area is 154 Å². The van der Waals surface area contributed by atoms with Crippen LogP contribution in [0.15, 0.2) is 47.0 Å². The van der Waals surface area contributed by atoms with Gasteiger partial charge in [-0.05, 0) is 62.2 Å². The monoisotopic (exact) mass is 351 g/mol. The highest BCUT2D eigenvalue weighted by atomic mass is 16.5. The van der Waals surface area contributed by atoms with Crippen LogP contribution in [-0.4, -0.2) is 30.3 Å². The van der Waals surface area contributed by atoms with Crippen LogP contribution in [0.1, 0.15) is 30.9 Å². The van der Waals surface area contributed by atoms with Gasteiger partial charge in [-0.1, -0.05) is 17.3 Å². The fourth-order valence-corrected chi connectivity index (χ4v) is 2.71. The van der Waals surface area contributed by atoms with E-state index in [1.54, 1.807) is 0 Å². The van der Waals surface area contributed by atoms with E-state index in [2.05, 4.69) is 39.3 Å². The highest BCUT2D eigenvalue weighted by molar-refractivity contribution is 5.58. The number of aromatic nitrogens is 2. The molecule has 136 valence electrons. The quantitative estimate of drug-likeness (QED) is 0.655. The number of hydrogen-bond acceptors (Lipinski definition) is 5. The maximum Gasteiger partial charge on any atom is 0.231 e. The third-order valence-electron chi connectivity index (χ3n) is 4.07. The van der Waals surface area contributed by atoms with Crippen molar-refractivity contribution in [2.45, 2.75) is 33.3 Å². The second-order valence-electron chi connectivity index (χ2n) is 6.90. The highest BCUT2D eigenvalue weighted by Crippen LogP contribution is 2.25. The zero-order valence-corrected chi connectivity index (χ0v) is 16.0. The first-order chi connectivity index (χ1) is 12.4. The Balaban J connectivity index is 1.74. The Morgan fingerprint density at radius 2 is 1.81 bits per heavy atom. The Hall–Kier alpha value is -2.82. The number of rotatable bonds is 6. The second kappa shape index (κ2) is 7.60. The van der Waals surface area contributed by atoms with E-state index in [4.69, 9.17) is 9.26 Å². The normalized spacial score (nSPS) is 11.0. The van der Waals surface area contributed by atoms with Crippen molar-refractivity contribution in [3.05, 3.63) is 59.5 Å². The molecule has 0 aliphatic carbocycles. The third-order valence-corrected chi connectivity index (χ3v) is 4.07. The van der Waals surface area contributed by atoms with Crippen molar-refractivity contribution < 1.29 is 9.26 Å². The molecule has 0 N–H and O–H groups in total. The molecule has 5 nitrogen and oxygen atoms in total. The first kappa shape index (κ1) is 18.0. The average molecular weight is 351 g/mol. The van der Waals surface area contributed by atoms with Crippen LogP contribution in [0.5, 0.6) is 5.75 Å². The van der Waals surface area contributed by atoms with Crippen molar-refractivity contribution in [3.8, 4) is 17.1 Å². The van der Waals surface area contributed by atoms with E-state index in [-0.39, 0.29) is 6.10 Å². The molecule has 1 aromatic heterocycles. The maximum atomic E-state index is 5.78. The van der Waals surface area contributed by atoms with Crippen molar-refractivity contribution >= 4 is 5.69 Å². The largest absolute Gasteiger partial charge is 0.491 e. The van der Waals surface area contributed by atoms with Gasteiger partial charge in [-0.2, -0.15) is 4.98 Å². The van der Waals surface area contributed by atoms with Gasteiger partial charge in [-0.15, -0.1) is 0 Å². The van der Waals surface area contributed by atoms with Crippen molar-refractivity contribution in [2.24, 2.45) is 0 Å². The van der Waals surface area contributed by atoms with Crippen LogP contribution in [-0.2, 0) is 6.42 Å². The number of nitrogens with zero attached hydrogens (tertiary/aromatic N) is 3. The Bertz CT molecular complexity index is 867. The van der Waals surface area contributed by atoms with Crippen molar-refractivity contribution in [2.75, 3.05) is 19.0 Å². The molecule has 0 radical (unpaired) electrons. The van der Waals surface area contributed by atoms with E-state index >= 15 is 0 Å². The summed E-state index contributed by atoms with van der Waals surface area (Å²) >= 11 is 0. The van der Waals surface area contributed by atoms with Gasteiger partial charge in [0.1, 0.15) is 5.75 Å². The molecule has 3 aromatic rings. The first-order valence-electron chi connectivity index (χ1n) is 8.79. The highest BCUT2D eigenvalue weighted by Gasteiger charge is 2.11. The number of anilines is 1. The molecule has 0 fully saturated rings. The molecule has 3 rings (SSSR count).